The molecule has 0 aromatic carbocycles. The van der Waals surface area contributed by atoms with E-state index >= 15 is 0 Å². The van der Waals surface area contributed by atoms with Gasteiger partial charge in [-0.15, -0.1) is 0 Å². The van der Waals surface area contributed by atoms with Gasteiger partial charge in [-0.2, -0.15) is 0 Å². The molecule has 5 nitrogen and oxygen atoms in total. The first-order valence-electron chi connectivity index (χ1n) is 5.93. The molecule has 0 unspecified atom stereocenters. The van der Waals surface area contributed by atoms with Crippen molar-refractivity contribution in [2.45, 2.75) is 33.2 Å². The van der Waals surface area contributed by atoms with E-state index in [1.807, 2.05) is 20.8 Å². The molecule has 1 aliphatic rings. The molecule has 1 fully saturated rings. The van der Waals surface area contributed by atoms with Crippen molar-refractivity contribution < 1.29 is 9.59 Å². The van der Waals surface area contributed by atoms with Crippen LogP contribution in [0.2, 0.25) is 0 Å². The maximum Gasteiger partial charge on any atom is 0.319 e. The second-order valence-corrected chi connectivity index (χ2v) is 5.61. The second-order valence-electron chi connectivity index (χ2n) is 5.61. The minimum Gasteiger partial charge on any atom is -0.328 e. The summed E-state index contributed by atoms with van der Waals surface area (Å²) in [7, 11) is 1.80. The van der Waals surface area contributed by atoms with Crippen LogP contribution in [0.4, 0.5) is 4.79 Å². The van der Waals surface area contributed by atoms with Crippen molar-refractivity contribution in [1.29, 1.82) is 0 Å². The molecule has 0 spiro atoms. The Bertz CT molecular complexity index is 329. The summed E-state index contributed by atoms with van der Waals surface area (Å²) in [6.45, 7) is 8.06. The molecule has 0 bridgehead atoms. The zero-order valence-corrected chi connectivity index (χ0v) is 11.1. The van der Waals surface area contributed by atoms with E-state index in [1.165, 1.54) is 0 Å². The topological polar surface area (TPSA) is 53.0 Å². The highest BCUT2D eigenvalue weighted by Gasteiger charge is 2.30. The number of carbonyl (C=O) groups is 1. The number of carbonyl (C=O) groups excluding carboxylic acids is 2. The van der Waals surface area contributed by atoms with Crippen LogP contribution in [0.1, 0.15) is 27.2 Å². The molecule has 1 rings (SSSR count). The summed E-state index contributed by atoms with van der Waals surface area (Å²) in [4.78, 5) is 29.6. The monoisotopic (exact) mass is 239 g/mol. The summed E-state index contributed by atoms with van der Waals surface area (Å²) < 4.78 is 0. The van der Waals surface area contributed by atoms with Crippen LogP contribution in [-0.2, 0) is 4.79 Å². The second kappa shape index (κ2) is 5.32. The lowest BCUT2D eigenvalue weighted by Gasteiger charge is -2.37. The van der Waals surface area contributed by atoms with Gasteiger partial charge in [-0.05, 0) is 11.8 Å². The molecule has 96 valence electrons. The van der Waals surface area contributed by atoms with Gasteiger partial charge in [0.15, 0.2) is 0 Å². The van der Waals surface area contributed by atoms with Crippen LogP contribution in [0.3, 0.4) is 0 Å². The molecule has 0 radical (unpaired) electrons. The van der Waals surface area contributed by atoms with Gasteiger partial charge in [0.05, 0.1) is 6.04 Å². The van der Waals surface area contributed by atoms with Crippen LogP contribution in [0.15, 0.2) is 4.99 Å². The van der Waals surface area contributed by atoms with Crippen molar-refractivity contribution in [2.75, 3.05) is 26.7 Å². The average molecular weight is 239 g/mol. The highest BCUT2D eigenvalue weighted by atomic mass is 16.2. The third-order valence-electron chi connectivity index (χ3n) is 3.12. The van der Waals surface area contributed by atoms with Crippen molar-refractivity contribution in [3.63, 3.8) is 0 Å². The molecule has 0 aromatic heterocycles. The van der Waals surface area contributed by atoms with Gasteiger partial charge in [-0.25, -0.2) is 14.6 Å². The number of nitrogens with zero attached hydrogens (tertiary/aromatic N) is 3. The Hall–Kier alpha value is -1.35. The van der Waals surface area contributed by atoms with Crippen LogP contribution in [0.5, 0.6) is 0 Å². The van der Waals surface area contributed by atoms with Crippen LogP contribution in [-0.4, -0.2) is 54.6 Å². The smallest absolute Gasteiger partial charge is 0.319 e. The van der Waals surface area contributed by atoms with Crippen LogP contribution < -0.4 is 0 Å². The molecule has 0 aliphatic carbocycles. The minimum absolute atomic E-state index is 0.0200. The molecule has 1 heterocycles. The Morgan fingerprint density at radius 1 is 1.41 bits per heavy atom. The predicted molar refractivity (Wildman–Crippen MR) is 65.6 cm³/mol. The third-order valence-corrected chi connectivity index (χ3v) is 3.12. The number of hydrogen-bond donors (Lipinski definition) is 0. The maximum absolute atomic E-state index is 11.9. The average Bonchev–Trinajstić information content (AvgIpc) is 2.22. The lowest BCUT2D eigenvalue weighted by molar-refractivity contribution is 0.128. The van der Waals surface area contributed by atoms with Crippen LogP contribution in [0.25, 0.3) is 0 Å². The molecule has 5 heteroatoms. The Kier molecular flexibility index (Phi) is 4.29. The standard InChI is InChI=1S/C12H21N3O2/c1-12(2,3)10(13-9-16)8-15-7-5-6-14(4)11(15)17/h10H,5-8H2,1-4H3/t10-/m1/s1. The van der Waals surface area contributed by atoms with E-state index in [2.05, 4.69) is 4.99 Å². The molecule has 0 aromatic rings. The molecule has 2 amide bonds. The Balaban J connectivity index is 2.73. The Labute approximate surface area is 102 Å². The van der Waals surface area contributed by atoms with Gasteiger partial charge in [0.2, 0.25) is 6.08 Å². The number of isocyanates is 1. The molecule has 0 N–H and O–H groups in total. The van der Waals surface area contributed by atoms with Gasteiger partial charge in [0.25, 0.3) is 0 Å². The molecule has 1 saturated heterocycles. The highest BCUT2D eigenvalue weighted by Crippen LogP contribution is 2.24. The van der Waals surface area contributed by atoms with Crippen molar-refractivity contribution in [3.05, 3.63) is 0 Å². The van der Waals surface area contributed by atoms with Gasteiger partial charge in [-0.3, -0.25) is 0 Å². The summed E-state index contributed by atoms with van der Waals surface area (Å²) >= 11 is 0. The maximum atomic E-state index is 11.9. The van der Waals surface area contributed by atoms with E-state index in [0.29, 0.717) is 6.54 Å². The molecular formula is C12H21N3O2. The summed E-state index contributed by atoms with van der Waals surface area (Å²) in [5.41, 5.74) is -0.145. The van der Waals surface area contributed by atoms with Gasteiger partial charge < -0.3 is 9.80 Å². The molecule has 17 heavy (non-hydrogen) atoms. The predicted octanol–water partition coefficient (Wildman–Crippen LogP) is 1.49. The van der Waals surface area contributed by atoms with Gasteiger partial charge in [0, 0.05) is 26.7 Å². The van der Waals surface area contributed by atoms with E-state index in [0.717, 1.165) is 19.5 Å². The summed E-state index contributed by atoms with van der Waals surface area (Å²) in [6.07, 6.45) is 2.58. The zero-order valence-electron chi connectivity index (χ0n) is 11.1. The first-order chi connectivity index (χ1) is 7.86. The summed E-state index contributed by atoms with van der Waals surface area (Å²) in [5.74, 6) is 0. The molecule has 1 aliphatic heterocycles. The van der Waals surface area contributed by atoms with Crippen LogP contribution >= 0.6 is 0 Å². The van der Waals surface area contributed by atoms with E-state index in [4.69, 9.17) is 0 Å². The minimum atomic E-state index is -0.199. The number of amides is 2. The number of aliphatic imine (C=N–C) groups is 1. The Morgan fingerprint density at radius 3 is 2.59 bits per heavy atom. The molecule has 1 atom stereocenters. The van der Waals surface area contributed by atoms with Crippen molar-refractivity contribution in [3.8, 4) is 0 Å². The fraction of sp³-hybridized carbons (Fsp3) is 0.833. The van der Waals surface area contributed by atoms with Crippen molar-refractivity contribution in [2.24, 2.45) is 10.4 Å². The molecule has 0 saturated carbocycles. The summed E-state index contributed by atoms with van der Waals surface area (Å²) in [5, 5.41) is 0. The number of hydrogen-bond acceptors (Lipinski definition) is 3. The lowest BCUT2D eigenvalue weighted by atomic mass is 9.87. The van der Waals surface area contributed by atoms with Gasteiger partial charge >= 0.3 is 6.03 Å². The van der Waals surface area contributed by atoms with E-state index in [9.17, 15) is 9.59 Å². The van der Waals surface area contributed by atoms with E-state index in [1.54, 1.807) is 22.9 Å². The van der Waals surface area contributed by atoms with E-state index < -0.39 is 0 Å². The van der Waals surface area contributed by atoms with E-state index in [-0.39, 0.29) is 17.5 Å². The zero-order chi connectivity index (χ0) is 13.1. The van der Waals surface area contributed by atoms with Gasteiger partial charge in [0.1, 0.15) is 0 Å². The van der Waals surface area contributed by atoms with Crippen molar-refractivity contribution >= 4 is 12.1 Å². The highest BCUT2D eigenvalue weighted by molar-refractivity contribution is 5.74. The third kappa shape index (κ3) is 3.56. The van der Waals surface area contributed by atoms with Gasteiger partial charge in [-0.1, -0.05) is 20.8 Å². The SMILES string of the molecule is CN1CCCN(C[C@@H](N=C=O)C(C)(C)C)C1=O. The summed E-state index contributed by atoms with van der Waals surface area (Å²) in [6, 6.07) is -0.179. The fourth-order valence-electron chi connectivity index (χ4n) is 1.88. The largest absolute Gasteiger partial charge is 0.328 e. The fourth-order valence-corrected chi connectivity index (χ4v) is 1.88. The number of rotatable bonds is 3. The van der Waals surface area contributed by atoms with Crippen LogP contribution in [0, 0.1) is 5.41 Å². The number of urea groups is 1. The molecular weight excluding hydrogens is 218 g/mol. The Morgan fingerprint density at radius 2 is 2.06 bits per heavy atom. The van der Waals surface area contributed by atoms with Crippen molar-refractivity contribution in [1.82, 2.24) is 9.80 Å². The first-order valence-corrected chi connectivity index (χ1v) is 5.93. The quantitative estimate of drug-likeness (QED) is 0.553. The first kappa shape index (κ1) is 13.7. The normalized spacial score (nSPS) is 18.9. The lowest BCUT2D eigenvalue weighted by Crippen LogP contribution is -2.51.